The second kappa shape index (κ2) is 5.58. The first-order chi connectivity index (χ1) is 10.0. The maximum Gasteiger partial charge on any atom is 0.137 e. The molecule has 2 N–H and O–H groups in total. The molecule has 1 aliphatic rings. The number of nitrogens with zero attached hydrogens (tertiary/aromatic N) is 4. The van der Waals surface area contributed by atoms with Crippen LogP contribution in [0, 0.1) is 5.41 Å². The van der Waals surface area contributed by atoms with E-state index in [9.17, 15) is 0 Å². The molecule has 3 rings (SSSR count). The van der Waals surface area contributed by atoms with E-state index in [0.29, 0.717) is 6.04 Å². The number of likely N-dealkylation sites (tertiary alicyclic amines) is 1. The second-order valence-corrected chi connectivity index (χ2v) is 6.59. The number of aromatic nitrogens is 3. The molecule has 5 nitrogen and oxygen atoms in total. The van der Waals surface area contributed by atoms with E-state index in [1.165, 1.54) is 5.56 Å². The van der Waals surface area contributed by atoms with Crippen LogP contribution in [0.4, 0.5) is 0 Å². The Labute approximate surface area is 125 Å². The topological polar surface area (TPSA) is 60.0 Å². The summed E-state index contributed by atoms with van der Waals surface area (Å²) in [4.78, 5) is 11.0. The maximum absolute atomic E-state index is 6.19. The summed E-state index contributed by atoms with van der Waals surface area (Å²) >= 11 is 0. The van der Waals surface area contributed by atoms with Gasteiger partial charge >= 0.3 is 0 Å². The fraction of sp³-hybridized carbons (Fsp3) is 0.500. The van der Waals surface area contributed by atoms with Crippen molar-refractivity contribution in [2.24, 2.45) is 11.1 Å². The molecule has 2 aromatic rings. The molecule has 112 valence electrons. The molecule has 0 radical (unpaired) electrons. The first-order valence-corrected chi connectivity index (χ1v) is 7.46. The van der Waals surface area contributed by atoms with Crippen molar-refractivity contribution in [2.75, 3.05) is 13.1 Å². The Kier molecular flexibility index (Phi) is 3.78. The lowest BCUT2D eigenvalue weighted by Crippen LogP contribution is -2.52. The maximum atomic E-state index is 6.19. The SMILES string of the molecule is CC1(C)CN(Cc2ccc(-n3ccnc3)nc2)CCC1N. The minimum atomic E-state index is 0.183. The molecule has 1 unspecified atom stereocenters. The molecule has 1 saturated heterocycles. The average molecular weight is 285 g/mol. The lowest BCUT2D eigenvalue weighted by molar-refractivity contribution is 0.0898. The molecule has 1 aliphatic heterocycles. The Balaban J connectivity index is 1.66. The molecule has 0 saturated carbocycles. The number of piperidine rings is 1. The Morgan fingerprint density at radius 1 is 1.38 bits per heavy atom. The van der Waals surface area contributed by atoms with Gasteiger partial charge in [0.15, 0.2) is 0 Å². The molecule has 1 atom stereocenters. The molecule has 1 fully saturated rings. The van der Waals surface area contributed by atoms with Crippen LogP contribution in [0.2, 0.25) is 0 Å². The van der Waals surface area contributed by atoms with E-state index in [-0.39, 0.29) is 5.41 Å². The molecule has 0 bridgehead atoms. The van der Waals surface area contributed by atoms with E-state index < -0.39 is 0 Å². The fourth-order valence-corrected chi connectivity index (χ4v) is 2.94. The standard InChI is InChI=1S/C16H23N5/c1-16(2)11-20(7-5-14(16)17)10-13-3-4-15(19-9-13)21-8-6-18-12-21/h3-4,6,8-9,12,14H,5,7,10-11,17H2,1-2H3. The molecule has 0 spiro atoms. The number of imidazole rings is 1. The first-order valence-electron chi connectivity index (χ1n) is 7.46. The van der Waals surface area contributed by atoms with Crippen LogP contribution >= 0.6 is 0 Å². The number of hydrogen-bond donors (Lipinski definition) is 1. The van der Waals surface area contributed by atoms with Gasteiger partial charge in [0.2, 0.25) is 0 Å². The van der Waals surface area contributed by atoms with Crippen molar-refractivity contribution in [3.05, 3.63) is 42.6 Å². The lowest BCUT2D eigenvalue weighted by Gasteiger charge is -2.42. The molecule has 3 heterocycles. The van der Waals surface area contributed by atoms with Crippen LogP contribution in [-0.4, -0.2) is 38.6 Å². The first kappa shape index (κ1) is 14.2. The van der Waals surface area contributed by atoms with E-state index >= 15 is 0 Å². The van der Waals surface area contributed by atoms with Crippen molar-refractivity contribution in [3.8, 4) is 5.82 Å². The third-order valence-electron chi connectivity index (χ3n) is 4.38. The van der Waals surface area contributed by atoms with Crippen molar-refractivity contribution in [1.82, 2.24) is 19.4 Å². The third kappa shape index (κ3) is 3.14. The van der Waals surface area contributed by atoms with Gasteiger partial charge in [-0.05, 0) is 23.5 Å². The second-order valence-electron chi connectivity index (χ2n) is 6.59. The molecule has 0 amide bonds. The van der Waals surface area contributed by atoms with Crippen LogP contribution in [0.25, 0.3) is 5.82 Å². The lowest BCUT2D eigenvalue weighted by atomic mass is 9.79. The van der Waals surface area contributed by atoms with Gasteiger partial charge < -0.3 is 5.73 Å². The molecule has 0 aromatic carbocycles. The van der Waals surface area contributed by atoms with Gasteiger partial charge in [0.1, 0.15) is 12.1 Å². The highest BCUT2D eigenvalue weighted by molar-refractivity contribution is 5.25. The van der Waals surface area contributed by atoms with Crippen LogP contribution in [-0.2, 0) is 6.54 Å². The highest BCUT2D eigenvalue weighted by atomic mass is 15.1. The Morgan fingerprint density at radius 2 is 2.24 bits per heavy atom. The van der Waals surface area contributed by atoms with Gasteiger partial charge in [-0.1, -0.05) is 19.9 Å². The van der Waals surface area contributed by atoms with Crippen LogP contribution in [0.5, 0.6) is 0 Å². The Morgan fingerprint density at radius 3 is 2.86 bits per heavy atom. The Hall–Kier alpha value is -1.72. The molecular formula is C16H23N5. The van der Waals surface area contributed by atoms with Gasteiger partial charge in [0.05, 0.1) is 0 Å². The smallest absolute Gasteiger partial charge is 0.137 e. The molecule has 5 heteroatoms. The summed E-state index contributed by atoms with van der Waals surface area (Å²) in [5.41, 5.74) is 7.62. The van der Waals surface area contributed by atoms with Gasteiger partial charge in [0.25, 0.3) is 0 Å². The van der Waals surface area contributed by atoms with Gasteiger partial charge in [-0.25, -0.2) is 9.97 Å². The average Bonchev–Trinajstić information content (AvgIpc) is 2.98. The monoisotopic (exact) mass is 285 g/mol. The molecule has 2 aromatic heterocycles. The van der Waals surface area contributed by atoms with Crippen molar-refractivity contribution < 1.29 is 0 Å². The summed E-state index contributed by atoms with van der Waals surface area (Å²) < 4.78 is 1.91. The zero-order valence-corrected chi connectivity index (χ0v) is 12.7. The van der Waals surface area contributed by atoms with Crippen molar-refractivity contribution in [2.45, 2.75) is 32.9 Å². The zero-order valence-electron chi connectivity index (χ0n) is 12.7. The summed E-state index contributed by atoms with van der Waals surface area (Å²) in [5, 5.41) is 0. The quantitative estimate of drug-likeness (QED) is 0.934. The molecule has 21 heavy (non-hydrogen) atoms. The largest absolute Gasteiger partial charge is 0.327 e. The normalized spacial score (nSPS) is 22.3. The van der Waals surface area contributed by atoms with E-state index in [1.807, 2.05) is 23.0 Å². The van der Waals surface area contributed by atoms with Gasteiger partial charge in [-0.2, -0.15) is 0 Å². The van der Waals surface area contributed by atoms with E-state index in [1.54, 1.807) is 12.5 Å². The van der Waals surface area contributed by atoms with Crippen LogP contribution < -0.4 is 5.73 Å². The summed E-state index contributed by atoms with van der Waals surface area (Å²) in [6, 6.07) is 4.48. The summed E-state index contributed by atoms with van der Waals surface area (Å²) in [6.45, 7) is 7.55. The summed E-state index contributed by atoms with van der Waals surface area (Å²) in [7, 11) is 0. The molecule has 0 aliphatic carbocycles. The number of hydrogen-bond acceptors (Lipinski definition) is 4. The van der Waals surface area contributed by atoms with Crippen LogP contribution in [0.15, 0.2) is 37.1 Å². The zero-order chi connectivity index (χ0) is 14.9. The predicted molar refractivity (Wildman–Crippen MR) is 83.0 cm³/mol. The number of nitrogens with two attached hydrogens (primary N) is 1. The van der Waals surface area contributed by atoms with E-state index in [4.69, 9.17) is 5.73 Å². The third-order valence-corrected chi connectivity index (χ3v) is 4.38. The Bertz CT molecular complexity index is 573. The fourth-order valence-electron chi connectivity index (χ4n) is 2.94. The summed E-state index contributed by atoms with van der Waals surface area (Å²) in [5.74, 6) is 0.900. The minimum Gasteiger partial charge on any atom is -0.327 e. The van der Waals surface area contributed by atoms with Gasteiger partial charge in [-0.3, -0.25) is 9.47 Å². The highest BCUT2D eigenvalue weighted by Crippen LogP contribution is 2.28. The summed E-state index contributed by atoms with van der Waals surface area (Å²) in [6.07, 6.45) is 8.44. The van der Waals surface area contributed by atoms with Crippen molar-refractivity contribution >= 4 is 0 Å². The highest BCUT2D eigenvalue weighted by Gasteiger charge is 2.33. The van der Waals surface area contributed by atoms with Crippen molar-refractivity contribution in [1.29, 1.82) is 0 Å². The minimum absolute atomic E-state index is 0.183. The number of rotatable bonds is 3. The van der Waals surface area contributed by atoms with E-state index in [2.05, 4.69) is 34.8 Å². The van der Waals surface area contributed by atoms with Gasteiger partial charge in [-0.15, -0.1) is 0 Å². The van der Waals surface area contributed by atoms with E-state index in [0.717, 1.165) is 31.9 Å². The predicted octanol–water partition coefficient (Wildman–Crippen LogP) is 1.83. The van der Waals surface area contributed by atoms with Crippen LogP contribution in [0.3, 0.4) is 0 Å². The van der Waals surface area contributed by atoms with Crippen LogP contribution in [0.1, 0.15) is 25.8 Å². The van der Waals surface area contributed by atoms with Crippen molar-refractivity contribution in [3.63, 3.8) is 0 Å². The van der Waals surface area contributed by atoms with Gasteiger partial charge in [0, 0.05) is 44.3 Å². The molecular weight excluding hydrogens is 262 g/mol. The number of pyridine rings is 1.